The number of carbonyl (C=O) groups excluding carboxylic acids is 3. The third-order valence-electron chi connectivity index (χ3n) is 5.59. The van der Waals surface area contributed by atoms with E-state index in [-0.39, 0.29) is 36.4 Å². The molecule has 1 N–H and O–H groups in total. The Labute approximate surface area is 194 Å². The van der Waals surface area contributed by atoms with E-state index in [9.17, 15) is 14.4 Å². The lowest BCUT2D eigenvalue weighted by Gasteiger charge is -2.13. The molecule has 4 aromatic rings. The molecule has 0 saturated heterocycles. The van der Waals surface area contributed by atoms with Crippen molar-refractivity contribution in [3.05, 3.63) is 106 Å². The Hall–Kier alpha value is -3.97. The van der Waals surface area contributed by atoms with Crippen LogP contribution in [0.1, 0.15) is 42.3 Å². The minimum Gasteiger partial charge on any atom is -0.346 e. The molecular formula is C25H19ClN4O3. The lowest BCUT2D eigenvalue weighted by Crippen LogP contribution is -2.31. The topological polar surface area (TPSA) is 83.8 Å². The van der Waals surface area contributed by atoms with Crippen LogP contribution in [0.25, 0.3) is 5.65 Å². The summed E-state index contributed by atoms with van der Waals surface area (Å²) in [7, 11) is 0. The third-order valence-corrected chi connectivity index (χ3v) is 5.82. The standard InChI is InChI=1S/C25H19ClN4O3/c26-18-7-9-22-28-19(15-29(22)14-18)13-27-23(31)17-6-8-20-21(12-17)25(33)30(24(20)32)11-10-16-4-2-1-3-5-16/h1-9,12,14-15H,10-11,13H2,(H,27,31). The van der Waals surface area contributed by atoms with Crippen LogP contribution in [0.4, 0.5) is 0 Å². The van der Waals surface area contributed by atoms with Crippen molar-refractivity contribution in [3.8, 4) is 0 Å². The summed E-state index contributed by atoms with van der Waals surface area (Å²) in [5.41, 5.74) is 3.32. The van der Waals surface area contributed by atoms with E-state index in [0.29, 0.717) is 28.3 Å². The average Bonchev–Trinajstić information content (AvgIpc) is 3.34. The van der Waals surface area contributed by atoms with Crippen molar-refractivity contribution in [1.82, 2.24) is 19.6 Å². The van der Waals surface area contributed by atoms with Gasteiger partial charge in [-0.1, -0.05) is 41.9 Å². The number of halogens is 1. The van der Waals surface area contributed by atoms with Crippen LogP contribution in [0.2, 0.25) is 5.02 Å². The number of benzene rings is 2. The molecule has 0 aliphatic carbocycles. The molecule has 7 nitrogen and oxygen atoms in total. The normalized spacial score (nSPS) is 12.9. The summed E-state index contributed by atoms with van der Waals surface area (Å²) in [6.45, 7) is 0.501. The smallest absolute Gasteiger partial charge is 0.261 e. The molecule has 3 heterocycles. The van der Waals surface area contributed by atoms with Gasteiger partial charge in [0, 0.05) is 24.5 Å². The Kier molecular flexibility index (Phi) is 5.40. The van der Waals surface area contributed by atoms with Gasteiger partial charge in [-0.3, -0.25) is 19.3 Å². The molecule has 0 unspecified atom stereocenters. The zero-order valence-electron chi connectivity index (χ0n) is 17.5. The molecule has 8 heteroatoms. The lowest BCUT2D eigenvalue weighted by atomic mass is 10.1. The molecule has 164 valence electrons. The minimum absolute atomic E-state index is 0.214. The summed E-state index contributed by atoms with van der Waals surface area (Å²) < 4.78 is 1.79. The Morgan fingerprint density at radius 2 is 1.73 bits per heavy atom. The molecule has 1 aliphatic heterocycles. The van der Waals surface area contributed by atoms with E-state index >= 15 is 0 Å². The van der Waals surface area contributed by atoms with E-state index in [1.807, 2.05) is 30.3 Å². The molecule has 33 heavy (non-hydrogen) atoms. The van der Waals surface area contributed by atoms with Crippen LogP contribution in [0.5, 0.6) is 0 Å². The number of nitrogens with one attached hydrogen (secondary N) is 1. The van der Waals surface area contributed by atoms with Crippen molar-refractivity contribution < 1.29 is 14.4 Å². The monoisotopic (exact) mass is 458 g/mol. The number of imide groups is 1. The molecule has 2 aromatic carbocycles. The average molecular weight is 459 g/mol. The maximum atomic E-state index is 12.9. The molecule has 5 rings (SSSR count). The van der Waals surface area contributed by atoms with Gasteiger partial charge >= 0.3 is 0 Å². The van der Waals surface area contributed by atoms with E-state index in [1.165, 1.54) is 11.0 Å². The Balaban J connectivity index is 1.27. The SMILES string of the molecule is O=C(NCc1cn2cc(Cl)ccc2n1)c1ccc2c(c1)C(=O)N(CCc1ccccc1)C2=O. The highest BCUT2D eigenvalue weighted by Crippen LogP contribution is 2.24. The van der Waals surface area contributed by atoms with E-state index < -0.39 is 0 Å². The molecule has 0 radical (unpaired) electrons. The number of imidazole rings is 1. The minimum atomic E-state index is -0.377. The third kappa shape index (κ3) is 4.10. The first-order chi connectivity index (χ1) is 16.0. The van der Waals surface area contributed by atoms with Gasteiger partial charge in [0.05, 0.1) is 28.4 Å². The van der Waals surface area contributed by atoms with E-state index in [2.05, 4.69) is 10.3 Å². The van der Waals surface area contributed by atoms with Crippen LogP contribution < -0.4 is 5.32 Å². The number of fused-ring (bicyclic) bond motifs is 2. The lowest BCUT2D eigenvalue weighted by molar-refractivity contribution is 0.0656. The summed E-state index contributed by atoms with van der Waals surface area (Å²) in [5, 5.41) is 3.40. The maximum Gasteiger partial charge on any atom is 0.261 e. The highest BCUT2D eigenvalue weighted by molar-refractivity contribution is 6.30. The molecule has 3 amide bonds. The largest absolute Gasteiger partial charge is 0.346 e. The summed E-state index contributed by atoms with van der Waals surface area (Å²) in [4.78, 5) is 43.9. The number of nitrogens with zero attached hydrogens (tertiary/aromatic N) is 3. The van der Waals surface area contributed by atoms with Gasteiger partial charge in [-0.2, -0.15) is 0 Å². The highest BCUT2D eigenvalue weighted by atomic mass is 35.5. The van der Waals surface area contributed by atoms with Crippen LogP contribution in [0, 0.1) is 0 Å². The Morgan fingerprint density at radius 1 is 0.939 bits per heavy atom. The molecule has 0 bridgehead atoms. The molecule has 0 spiro atoms. The first kappa shape index (κ1) is 20.9. The number of amides is 3. The number of aromatic nitrogens is 2. The van der Waals surface area contributed by atoms with Crippen LogP contribution in [-0.4, -0.2) is 38.6 Å². The van der Waals surface area contributed by atoms with Crippen molar-refractivity contribution in [3.63, 3.8) is 0 Å². The summed E-state index contributed by atoms with van der Waals surface area (Å²) in [6, 6.07) is 17.8. The molecule has 0 atom stereocenters. The van der Waals surface area contributed by atoms with Crippen molar-refractivity contribution in [1.29, 1.82) is 0 Å². The first-order valence-corrected chi connectivity index (χ1v) is 10.8. The van der Waals surface area contributed by atoms with Crippen molar-refractivity contribution in [2.75, 3.05) is 6.54 Å². The molecular weight excluding hydrogens is 440 g/mol. The van der Waals surface area contributed by atoms with Gasteiger partial charge in [-0.15, -0.1) is 0 Å². The predicted octanol–water partition coefficient (Wildman–Crippen LogP) is 3.76. The van der Waals surface area contributed by atoms with Crippen LogP contribution >= 0.6 is 11.6 Å². The maximum absolute atomic E-state index is 12.9. The van der Waals surface area contributed by atoms with Gasteiger partial charge in [0.25, 0.3) is 17.7 Å². The fraction of sp³-hybridized carbons (Fsp3) is 0.120. The molecule has 0 fully saturated rings. The van der Waals surface area contributed by atoms with Crippen LogP contribution in [0.3, 0.4) is 0 Å². The van der Waals surface area contributed by atoms with Crippen molar-refractivity contribution >= 4 is 35.0 Å². The number of carbonyl (C=O) groups is 3. The van der Waals surface area contributed by atoms with Crippen LogP contribution in [0.15, 0.2) is 73.1 Å². The number of hydrogen-bond acceptors (Lipinski definition) is 4. The fourth-order valence-corrected chi connectivity index (χ4v) is 4.06. The fourth-order valence-electron chi connectivity index (χ4n) is 3.90. The van der Waals surface area contributed by atoms with E-state index in [1.54, 1.807) is 41.1 Å². The second kappa shape index (κ2) is 8.52. The van der Waals surface area contributed by atoms with Gasteiger partial charge in [-0.25, -0.2) is 4.98 Å². The molecule has 0 saturated carbocycles. The quantitative estimate of drug-likeness (QED) is 0.446. The summed E-state index contributed by atoms with van der Waals surface area (Å²) >= 11 is 5.99. The van der Waals surface area contributed by atoms with E-state index in [0.717, 1.165) is 11.2 Å². The Morgan fingerprint density at radius 3 is 2.55 bits per heavy atom. The Bertz CT molecular complexity index is 1400. The van der Waals surface area contributed by atoms with Crippen LogP contribution in [-0.2, 0) is 13.0 Å². The highest BCUT2D eigenvalue weighted by Gasteiger charge is 2.35. The van der Waals surface area contributed by atoms with Gasteiger partial charge in [0.1, 0.15) is 5.65 Å². The van der Waals surface area contributed by atoms with Gasteiger partial charge in [0.2, 0.25) is 0 Å². The van der Waals surface area contributed by atoms with Crippen molar-refractivity contribution in [2.24, 2.45) is 0 Å². The number of hydrogen-bond donors (Lipinski definition) is 1. The second-order valence-corrected chi connectivity index (χ2v) is 8.22. The molecule has 1 aliphatic rings. The number of pyridine rings is 1. The van der Waals surface area contributed by atoms with Crippen molar-refractivity contribution in [2.45, 2.75) is 13.0 Å². The molecule has 2 aromatic heterocycles. The van der Waals surface area contributed by atoms with Gasteiger partial charge in [0.15, 0.2) is 0 Å². The summed E-state index contributed by atoms with van der Waals surface area (Å²) in [5.74, 6) is -1.06. The van der Waals surface area contributed by atoms with Gasteiger partial charge < -0.3 is 9.72 Å². The second-order valence-electron chi connectivity index (χ2n) is 7.79. The predicted molar refractivity (Wildman–Crippen MR) is 123 cm³/mol. The van der Waals surface area contributed by atoms with Gasteiger partial charge in [-0.05, 0) is 42.3 Å². The zero-order valence-corrected chi connectivity index (χ0v) is 18.2. The summed E-state index contributed by atoms with van der Waals surface area (Å²) in [6.07, 6.45) is 4.10. The zero-order chi connectivity index (χ0) is 22.9. The van der Waals surface area contributed by atoms with E-state index in [4.69, 9.17) is 11.6 Å². The first-order valence-electron chi connectivity index (χ1n) is 10.4. The number of rotatable bonds is 6.